The molecule has 0 N–H and O–H groups in total. The number of allylic oxidation sites excluding steroid dienone is 2. The molecule has 0 fully saturated rings. The first-order valence-electron chi connectivity index (χ1n) is 2.77. The van der Waals surface area contributed by atoms with Gasteiger partial charge in [-0.15, -0.1) is 0 Å². The van der Waals surface area contributed by atoms with Crippen LogP contribution in [0.5, 0.6) is 0 Å². The summed E-state index contributed by atoms with van der Waals surface area (Å²) in [5.74, 6) is -0.331. The van der Waals surface area contributed by atoms with E-state index in [0.29, 0.717) is 0 Å². The van der Waals surface area contributed by atoms with Gasteiger partial charge in [-0.2, -0.15) is 0 Å². The van der Waals surface area contributed by atoms with Crippen LogP contribution in [0.1, 0.15) is 13.8 Å². The molecule has 0 radical (unpaired) electrons. The zero-order valence-electron chi connectivity index (χ0n) is 5.93. The van der Waals surface area contributed by atoms with Crippen LogP contribution in [-0.4, -0.2) is 5.97 Å². The molecule has 0 amide bonds. The van der Waals surface area contributed by atoms with Crippen molar-refractivity contribution >= 4 is 17.6 Å². The third-order valence-electron chi connectivity index (χ3n) is 0.737. The van der Waals surface area contributed by atoms with E-state index in [1.807, 2.05) is 0 Å². The van der Waals surface area contributed by atoms with Crippen molar-refractivity contribution in [2.24, 2.45) is 0 Å². The number of esters is 1. The number of carbonyl (C=O) groups is 1. The van der Waals surface area contributed by atoms with Crippen molar-refractivity contribution in [1.82, 2.24) is 0 Å². The number of rotatable bonds is 2. The lowest BCUT2D eigenvalue weighted by Gasteiger charge is -1.91. The van der Waals surface area contributed by atoms with Crippen LogP contribution in [0.2, 0.25) is 0 Å². The van der Waals surface area contributed by atoms with Gasteiger partial charge < -0.3 is 4.74 Å². The van der Waals surface area contributed by atoms with Gasteiger partial charge in [-0.05, 0) is 18.6 Å². The van der Waals surface area contributed by atoms with Gasteiger partial charge in [0, 0.05) is 12.5 Å². The van der Waals surface area contributed by atoms with Gasteiger partial charge in [-0.25, -0.2) is 0 Å². The molecule has 0 aromatic rings. The first-order valence-corrected chi connectivity index (χ1v) is 3.21. The maximum Gasteiger partial charge on any atom is 0.307 e. The summed E-state index contributed by atoms with van der Waals surface area (Å²) in [5, 5.41) is 0. The van der Waals surface area contributed by atoms with Gasteiger partial charge in [0.05, 0.1) is 6.26 Å². The molecule has 0 aliphatic heterocycles. The highest BCUT2D eigenvalue weighted by molar-refractivity contribution is 6.25. The molecule has 0 saturated heterocycles. The number of carbonyl (C=O) groups excluding carboxylic acids is 1. The Morgan fingerprint density at radius 3 is 2.50 bits per heavy atom. The van der Waals surface area contributed by atoms with Crippen LogP contribution in [-0.2, 0) is 9.53 Å². The number of hydrogen-bond donors (Lipinski definition) is 0. The van der Waals surface area contributed by atoms with Crippen molar-refractivity contribution in [3.8, 4) is 0 Å². The van der Waals surface area contributed by atoms with E-state index in [-0.39, 0.29) is 5.97 Å². The van der Waals surface area contributed by atoms with Crippen LogP contribution >= 0.6 is 11.6 Å². The van der Waals surface area contributed by atoms with Gasteiger partial charge >= 0.3 is 5.97 Å². The zero-order valence-corrected chi connectivity index (χ0v) is 6.68. The highest BCUT2D eigenvalue weighted by atomic mass is 35.5. The minimum absolute atomic E-state index is 0.331. The van der Waals surface area contributed by atoms with Crippen LogP contribution in [0.25, 0.3) is 0 Å². The lowest BCUT2D eigenvalue weighted by Crippen LogP contribution is -1.90. The Balaban J connectivity index is 3.80. The summed E-state index contributed by atoms with van der Waals surface area (Å²) in [5.41, 5.74) is 2.15. The number of ether oxygens (including phenoxy) is 1. The molecule has 0 atom stereocenters. The van der Waals surface area contributed by atoms with E-state index in [1.54, 1.807) is 13.0 Å². The van der Waals surface area contributed by atoms with E-state index in [9.17, 15) is 4.79 Å². The monoisotopic (exact) mass is 160 g/mol. The molecule has 56 valence electrons. The van der Waals surface area contributed by atoms with E-state index in [0.717, 1.165) is 5.57 Å². The lowest BCUT2D eigenvalue weighted by molar-refractivity contribution is -0.135. The van der Waals surface area contributed by atoms with Gasteiger partial charge in [-0.3, -0.25) is 4.79 Å². The molecular formula is C7H9ClO2. The summed E-state index contributed by atoms with van der Waals surface area (Å²) in [6, 6.07) is 0. The summed E-state index contributed by atoms with van der Waals surface area (Å²) in [6.45, 7) is 3.12. The molecule has 0 aliphatic rings. The van der Waals surface area contributed by atoms with Crippen LogP contribution in [0, 0.1) is 0 Å². The summed E-state index contributed by atoms with van der Waals surface area (Å²) in [7, 11) is 0. The second-order valence-corrected chi connectivity index (χ2v) is 2.02. The summed E-state index contributed by atoms with van der Waals surface area (Å²) < 4.78 is 4.55. The molecule has 0 rings (SSSR count). The quantitative estimate of drug-likeness (QED) is 0.352. The minimum Gasteiger partial charge on any atom is -0.434 e. The van der Waals surface area contributed by atoms with Crippen molar-refractivity contribution in [2.75, 3.05) is 0 Å². The lowest BCUT2D eigenvalue weighted by atomic mass is 10.3. The van der Waals surface area contributed by atoms with E-state index in [2.05, 4.69) is 4.74 Å². The molecule has 0 unspecified atom stereocenters. The summed E-state index contributed by atoms with van der Waals surface area (Å²) in [4.78, 5) is 10.2. The normalized spacial score (nSPS) is 12.1. The van der Waals surface area contributed by atoms with Gasteiger partial charge in [0.15, 0.2) is 0 Å². The van der Waals surface area contributed by atoms with Gasteiger partial charge in [0.2, 0.25) is 0 Å². The highest BCUT2D eigenvalue weighted by Crippen LogP contribution is 1.96. The van der Waals surface area contributed by atoms with Gasteiger partial charge in [0.1, 0.15) is 0 Å². The van der Waals surface area contributed by atoms with Crippen LogP contribution < -0.4 is 0 Å². The fraction of sp³-hybridized carbons (Fsp3) is 0.286. The summed E-state index contributed by atoms with van der Waals surface area (Å²) in [6.07, 6.45) is 2.98. The Kier molecular flexibility index (Phi) is 4.67. The molecule has 0 aliphatic carbocycles. The van der Waals surface area contributed by atoms with Crippen LogP contribution in [0.3, 0.4) is 0 Å². The minimum atomic E-state index is -0.331. The predicted octanol–water partition coefficient (Wildman–Crippen LogP) is 2.21. The third kappa shape index (κ3) is 5.38. The Hall–Kier alpha value is -0.760. The second-order valence-electron chi connectivity index (χ2n) is 1.76. The molecule has 3 heteroatoms. The molecule has 2 nitrogen and oxygen atoms in total. The predicted molar refractivity (Wildman–Crippen MR) is 40.5 cm³/mol. The number of hydrogen-bond acceptors (Lipinski definition) is 2. The first kappa shape index (κ1) is 9.24. The van der Waals surface area contributed by atoms with Gasteiger partial charge in [-0.1, -0.05) is 11.6 Å². The molecule has 0 heterocycles. The molecule has 10 heavy (non-hydrogen) atoms. The molecule has 0 aromatic heterocycles. The van der Waals surface area contributed by atoms with Crippen LogP contribution in [0.4, 0.5) is 0 Å². The Bertz CT molecular complexity index is 170. The van der Waals surface area contributed by atoms with Crippen molar-refractivity contribution in [3.05, 3.63) is 23.4 Å². The van der Waals surface area contributed by atoms with Crippen molar-refractivity contribution in [2.45, 2.75) is 13.8 Å². The van der Waals surface area contributed by atoms with E-state index >= 15 is 0 Å². The second kappa shape index (κ2) is 5.06. The van der Waals surface area contributed by atoms with Crippen LogP contribution in [0.15, 0.2) is 23.4 Å². The summed E-state index contributed by atoms with van der Waals surface area (Å²) >= 11 is 5.25. The molecule has 0 spiro atoms. The molecular weight excluding hydrogens is 152 g/mol. The average Bonchev–Trinajstić information content (AvgIpc) is 1.85. The largest absolute Gasteiger partial charge is 0.434 e. The SMILES string of the molecule is CC(=O)OC=C(C)C=CCl. The van der Waals surface area contributed by atoms with E-state index in [4.69, 9.17) is 11.6 Å². The topological polar surface area (TPSA) is 26.3 Å². The van der Waals surface area contributed by atoms with Crippen molar-refractivity contribution in [1.29, 1.82) is 0 Å². The standard InChI is InChI=1S/C7H9ClO2/c1-6(3-4-8)5-10-7(2)9/h3-5H,1-2H3. The van der Waals surface area contributed by atoms with Crippen molar-refractivity contribution in [3.63, 3.8) is 0 Å². The van der Waals surface area contributed by atoms with Crippen molar-refractivity contribution < 1.29 is 9.53 Å². The molecule has 0 aromatic carbocycles. The third-order valence-corrected chi connectivity index (χ3v) is 0.863. The molecule has 0 bridgehead atoms. The van der Waals surface area contributed by atoms with E-state index in [1.165, 1.54) is 18.7 Å². The Morgan fingerprint density at radius 2 is 2.10 bits per heavy atom. The first-order chi connectivity index (χ1) is 4.66. The fourth-order valence-corrected chi connectivity index (χ4v) is 0.513. The fourth-order valence-electron chi connectivity index (χ4n) is 0.315. The zero-order chi connectivity index (χ0) is 7.98. The number of halogens is 1. The highest BCUT2D eigenvalue weighted by Gasteiger charge is 1.86. The smallest absolute Gasteiger partial charge is 0.307 e. The maximum atomic E-state index is 10.2. The van der Waals surface area contributed by atoms with Gasteiger partial charge in [0.25, 0.3) is 0 Å². The average molecular weight is 161 g/mol. The molecule has 0 saturated carbocycles. The maximum absolute atomic E-state index is 10.2. The Morgan fingerprint density at radius 1 is 1.50 bits per heavy atom. The van der Waals surface area contributed by atoms with E-state index < -0.39 is 0 Å². The Labute approximate surface area is 65.1 Å².